The molecule has 2 amide bonds. The molecule has 21 heavy (non-hydrogen) atoms. The van der Waals surface area contributed by atoms with E-state index >= 15 is 0 Å². The molecule has 116 valence electrons. The number of likely N-dealkylation sites (N-methyl/N-ethyl adjacent to an activating group) is 1. The van der Waals surface area contributed by atoms with Crippen molar-refractivity contribution in [2.75, 3.05) is 13.1 Å². The van der Waals surface area contributed by atoms with Gasteiger partial charge in [-0.3, -0.25) is 30.1 Å². The molecule has 0 fully saturated rings. The molecule has 0 saturated heterocycles. The van der Waals surface area contributed by atoms with Gasteiger partial charge < -0.3 is 5.11 Å². The number of aliphatic carboxylic acids is 1. The summed E-state index contributed by atoms with van der Waals surface area (Å²) in [5, 5.41) is 10.5. The molecule has 0 radical (unpaired) electrons. The molecule has 8 heteroatoms. The summed E-state index contributed by atoms with van der Waals surface area (Å²) in [4.78, 5) is 36.3. The predicted molar refractivity (Wildman–Crippen MR) is 78.9 cm³/mol. The number of carbonyl (C=O) groups is 3. The molecular weight excluding hydrogens is 294 g/mol. The third kappa shape index (κ3) is 5.92. The van der Waals surface area contributed by atoms with Crippen LogP contribution in [-0.2, 0) is 9.59 Å². The van der Waals surface area contributed by atoms with Crippen LogP contribution in [-0.4, -0.2) is 46.9 Å². The van der Waals surface area contributed by atoms with Crippen LogP contribution in [0.3, 0.4) is 0 Å². The number of rotatable bonds is 7. The molecule has 0 spiro atoms. The minimum Gasteiger partial charge on any atom is -0.481 e. The topological polar surface area (TPSA) is 98.7 Å². The summed E-state index contributed by atoms with van der Waals surface area (Å²) in [6.45, 7) is 4.15. The highest BCUT2D eigenvalue weighted by Gasteiger charge is 2.18. The van der Waals surface area contributed by atoms with Crippen LogP contribution in [0.25, 0.3) is 0 Å². The van der Waals surface area contributed by atoms with Gasteiger partial charge in [0.25, 0.3) is 11.8 Å². The van der Waals surface area contributed by atoms with Crippen LogP contribution in [0.4, 0.5) is 0 Å². The van der Waals surface area contributed by atoms with Crippen molar-refractivity contribution in [3.05, 3.63) is 22.4 Å². The van der Waals surface area contributed by atoms with Gasteiger partial charge in [0.1, 0.15) is 0 Å². The fourth-order valence-corrected chi connectivity index (χ4v) is 2.40. The van der Waals surface area contributed by atoms with Gasteiger partial charge in [-0.25, -0.2) is 0 Å². The van der Waals surface area contributed by atoms with Gasteiger partial charge in [-0.15, -0.1) is 11.3 Å². The molecule has 0 aliphatic heterocycles. The highest BCUT2D eigenvalue weighted by molar-refractivity contribution is 7.12. The number of carbonyl (C=O) groups excluding carboxylic acids is 2. The highest BCUT2D eigenvalue weighted by atomic mass is 32.1. The summed E-state index contributed by atoms with van der Waals surface area (Å²) < 4.78 is 0. The van der Waals surface area contributed by atoms with Gasteiger partial charge in [0.05, 0.1) is 17.8 Å². The van der Waals surface area contributed by atoms with Crippen molar-refractivity contribution >= 4 is 29.1 Å². The zero-order chi connectivity index (χ0) is 15.8. The van der Waals surface area contributed by atoms with Crippen LogP contribution in [0.5, 0.6) is 0 Å². The fourth-order valence-electron chi connectivity index (χ4n) is 1.78. The molecule has 7 nitrogen and oxygen atoms in total. The summed E-state index contributed by atoms with van der Waals surface area (Å²) in [6, 6.07) is 3.14. The predicted octanol–water partition coefficient (Wildman–Crippen LogP) is 0.694. The van der Waals surface area contributed by atoms with E-state index in [2.05, 4.69) is 10.9 Å². The minimum absolute atomic E-state index is 0.0235. The average molecular weight is 313 g/mol. The van der Waals surface area contributed by atoms with E-state index in [4.69, 9.17) is 5.11 Å². The van der Waals surface area contributed by atoms with E-state index in [1.807, 2.05) is 6.92 Å². The van der Waals surface area contributed by atoms with Crippen molar-refractivity contribution in [1.82, 2.24) is 15.8 Å². The molecule has 1 aromatic rings. The summed E-state index contributed by atoms with van der Waals surface area (Å²) in [5.41, 5.74) is 4.65. The molecule has 1 aromatic heterocycles. The van der Waals surface area contributed by atoms with Crippen molar-refractivity contribution in [2.45, 2.75) is 26.3 Å². The number of hydrogen-bond acceptors (Lipinski definition) is 5. The lowest BCUT2D eigenvalue weighted by molar-refractivity contribution is -0.138. The number of hydrogen-bond donors (Lipinski definition) is 3. The lowest BCUT2D eigenvalue weighted by Crippen LogP contribution is -2.48. The summed E-state index contributed by atoms with van der Waals surface area (Å²) in [6.07, 6.45) is -0.0390. The standard InChI is InChI=1S/C13H19N3O4S/c1-3-16(9(2)7-12(18)19)8-11(17)14-15-13(20)10-5-4-6-21-10/h4-6,9H,3,7-8H2,1-2H3,(H,14,17)(H,15,20)(H,18,19). The molecule has 0 aliphatic carbocycles. The van der Waals surface area contributed by atoms with E-state index in [-0.39, 0.29) is 30.8 Å². The zero-order valence-electron chi connectivity index (χ0n) is 12.0. The average Bonchev–Trinajstić information content (AvgIpc) is 2.95. The molecule has 1 rings (SSSR count). The quantitative estimate of drug-likeness (QED) is 0.643. The molecule has 1 heterocycles. The van der Waals surface area contributed by atoms with Gasteiger partial charge in [0.2, 0.25) is 0 Å². The number of hydrazine groups is 1. The van der Waals surface area contributed by atoms with Crippen molar-refractivity contribution in [2.24, 2.45) is 0 Å². The number of thiophene rings is 1. The Morgan fingerprint density at radius 1 is 1.38 bits per heavy atom. The first kappa shape index (κ1) is 17.1. The van der Waals surface area contributed by atoms with Crippen LogP contribution in [0, 0.1) is 0 Å². The molecular formula is C13H19N3O4S. The molecule has 1 unspecified atom stereocenters. The van der Waals surface area contributed by atoms with E-state index in [0.717, 1.165) is 0 Å². The smallest absolute Gasteiger partial charge is 0.304 e. The molecule has 1 atom stereocenters. The Kier molecular flexibility index (Phi) is 6.83. The van der Waals surface area contributed by atoms with Crippen LogP contribution < -0.4 is 10.9 Å². The van der Waals surface area contributed by atoms with Crippen LogP contribution in [0.15, 0.2) is 17.5 Å². The van der Waals surface area contributed by atoms with Gasteiger partial charge >= 0.3 is 5.97 Å². The van der Waals surface area contributed by atoms with Gasteiger partial charge in [-0.2, -0.15) is 0 Å². The van der Waals surface area contributed by atoms with E-state index in [0.29, 0.717) is 11.4 Å². The Bertz CT molecular complexity index is 490. The van der Waals surface area contributed by atoms with E-state index in [1.165, 1.54) is 11.3 Å². The number of carboxylic acid groups (broad SMARTS) is 1. The third-order valence-corrected chi connectivity index (χ3v) is 3.78. The van der Waals surface area contributed by atoms with E-state index in [9.17, 15) is 14.4 Å². The lowest BCUT2D eigenvalue weighted by Gasteiger charge is -2.25. The maximum Gasteiger partial charge on any atom is 0.304 e. The highest BCUT2D eigenvalue weighted by Crippen LogP contribution is 2.07. The Hall–Kier alpha value is -1.93. The van der Waals surface area contributed by atoms with Gasteiger partial charge in [-0.05, 0) is 24.9 Å². The SMILES string of the molecule is CCN(CC(=O)NNC(=O)c1cccs1)C(C)CC(=O)O. The first-order chi connectivity index (χ1) is 9.93. The second-order valence-corrected chi connectivity index (χ2v) is 5.44. The molecule has 0 aromatic carbocycles. The second-order valence-electron chi connectivity index (χ2n) is 4.49. The van der Waals surface area contributed by atoms with Gasteiger partial charge in [-0.1, -0.05) is 13.0 Å². The van der Waals surface area contributed by atoms with Crippen molar-refractivity contribution in [3.8, 4) is 0 Å². The fraction of sp³-hybridized carbons (Fsp3) is 0.462. The maximum absolute atomic E-state index is 11.8. The summed E-state index contributed by atoms with van der Waals surface area (Å²) >= 11 is 1.27. The first-order valence-electron chi connectivity index (χ1n) is 6.52. The Morgan fingerprint density at radius 3 is 2.62 bits per heavy atom. The maximum atomic E-state index is 11.8. The Balaban J connectivity index is 2.40. The zero-order valence-corrected chi connectivity index (χ0v) is 12.8. The third-order valence-electron chi connectivity index (χ3n) is 2.91. The number of nitrogens with zero attached hydrogens (tertiary/aromatic N) is 1. The second kappa shape index (κ2) is 8.38. The lowest BCUT2D eigenvalue weighted by atomic mass is 10.2. The summed E-state index contributed by atoms with van der Waals surface area (Å²) in [7, 11) is 0. The number of nitrogens with one attached hydrogen (secondary N) is 2. The van der Waals surface area contributed by atoms with Gasteiger partial charge in [0.15, 0.2) is 0 Å². The Morgan fingerprint density at radius 2 is 2.10 bits per heavy atom. The molecule has 0 saturated carbocycles. The largest absolute Gasteiger partial charge is 0.481 e. The van der Waals surface area contributed by atoms with Crippen LogP contribution >= 0.6 is 11.3 Å². The van der Waals surface area contributed by atoms with Crippen LogP contribution in [0.1, 0.15) is 29.9 Å². The van der Waals surface area contributed by atoms with E-state index in [1.54, 1.807) is 29.3 Å². The van der Waals surface area contributed by atoms with Crippen molar-refractivity contribution in [3.63, 3.8) is 0 Å². The van der Waals surface area contributed by atoms with Crippen LogP contribution in [0.2, 0.25) is 0 Å². The Labute approximate surface area is 126 Å². The monoisotopic (exact) mass is 313 g/mol. The normalized spacial score (nSPS) is 12.0. The minimum atomic E-state index is -0.910. The molecule has 0 aliphatic rings. The van der Waals surface area contributed by atoms with Crippen molar-refractivity contribution in [1.29, 1.82) is 0 Å². The molecule has 3 N–H and O–H groups in total. The van der Waals surface area contributed by atoms with Gasteiger partial charge in [0, 0.05) is 6.04 Å². The first-order valence-corrected chi connectivity index (χ1v) is 7.40. The van der Waals surface area contributed by atoms with E-state index < -0.39 is 5.97 Å². The van der Waals surface area contributed by atoms with Crippen molar-refractivity contribution < 1.29 is 19.5 Å². The number of amides is 2. The summed E-state index contributed by atoms with van der Waals surface area (Å²) in [5.74, 6) is -1.67. The number of carboxylic acids is 1. The molecule has 0 bridgehead atoms.